The van der Waals surface area contributed by atoms with Gasteiger partial charge >= 0.3 is 0 Å². The molecule has 3 rings (SSSR count). The fourth-order valence-corrected chi connectivity index (χ4v) is 3.10. The Morgan fingerprint density at radius 1 is 1.38 bits per heavy atom. The minimum absolute atomic E-state index is 0.651. The maximum absolute atomic E-state index is 5.85. The van der Waals surface area contributed by atoms with Crippen LogP contribution in [0.4, 0.5) is 5.13 Å². The maximum Gasteiger partial charge on any atom is 0.222 e. The predicted octanol–water partition coefficient (Wildman–Crippen LogP) is 3.54. The van der Waals surface area contributed by atoms with Crippen molar-refractivity contribution in [2.45, 2.75) is 32.6 Å². The molecule has 24 heavy (non-hydrogen) atoms. The topological polar surface area (TPSA) is 71.4 Å². The number of aliphatic imine (C=N–C) groups is 1. The lowest BCUT2D eigenvalue weighted by Gasteiger charge is -2.14. The number of guanidine groups is 1. The Labute approximate surface area is 146 Å². The first-order valence-corrected chi connectivity index (χ1v) is 9.34. The number of hydrogen-bond donors (Lipinski definition) is 2. The molecule has 0 aliphatic carbocycles. The molecule has 0 unspecified atom stereocenters. The Bertz CT molecular complexity index is 685. The number of ether oxygens (including phenoxy) is 1. The fraction of sp³-hybridized carbons (Fsp3) is 0.471. The lowest BCUT2D eigenvalue weighted by Crippen LogP contribution is -2.35. The van der Waals surface area contributed by atoms with Gasteiger partial charge in [0, 0.05) is 24.7 Å². The van der Waals surface area contributed by atoms with Crippen LogP contribution < -0.4 is 15.4 Å². The van der Waals surface area contributed by atoms with Crippen LogP contribution in [-0.4, -0.2) is 35.6 Å². The zero-order valence-corrected chi connectivity index (χ0v) is 14.7. The number of pyridine rings is 1. The van der Waals surface area contributed by atoms with E-state index in [0.717, 1.165) is 48.3 Å². The molecule has 2 N–H and O–H groups in total. The van der Waals surface area contributed by atoms with E-state index in [4.69, 9.17) is 4.74 Å². The first-order valence-electron chi connectivity index (χ1n) is 8.46. The second-order valence-corrected chi connectivity index (χ2v) is 6.44. The number of thiazole rings is 1. The van der Waals surface area contributed by atoms with Crippen LogP contribution in [-0.2, 0) is 0 Å². The SMILES string of the molecule is CCCCCOc1ncccc1-c1csc(NC2=NCCCN2)n1. The van der Waals surface area contributed by atoms with Crippen LogP contribution in [0.3, 0.4) is 0 Å². The van der Waals surface area contributed by atoms with Gasteiger partial charge in [0.25, 0.3) is 0 Å². The summed E-state index contributed by atoms with van der Waals surface area (Å²) in [5.74, 6) is 1.45. The predicted molar refractivity (Wildman–Crippen MR) is 98.9 cm³/mol. The fourth-order valence-electron chi connectivity index (χ4n) is 2.39. The van der Waals surface area contributed by atoms with E-state index < -0.39 is 0 Å². The van der Waals surface area contributed by atoms with Gasteiger partial charge in [-0.3, -0.25) is 4.99 Å². The lowest BCUT2D eigenvalue weighted by atomic mass is 10.2. The number of hydrogen-bond acceptors (Lipinski definition) is 7. The molecule has 0 saturated carbocycles. The lowest BCUT2D eigenvalue weighted by molar-refractivity contribution is 0.296. The number of unbranched alkanes of at least 4 members (excludes halogenated alkanes) is 2. The van der Waals surface area contributed by atoms with Crippen molar-refractivity contribution in [1.29, 1.82) is 0 Å². The maximum atomic E-state index is 5.85. The summed E-state index contributed by atoms with van der Waals surface area (Å²) < 4.78 is 5.85. The molecule has 0 fully saturated rings. The van der Waals surface area contributed by atoms with Crippen molar-refractivity contribution in [3.05, 3.63) is 23.7 Å². The zero-order valence-electron chi connectivity index (χ0n) is 13.9. The van der Waals surface area contributed by atoms with Crippen molar-refractivity contribution in [3.63, 3.8) is 0 Å². The summed E-state index contributed by atoms with van der Waals surface area (Å²) >= 11 is 1.55. The van der Waals surface area contributed by atoms with E-state index in [2.05, 4.69) is 32.5 Å². The van der Waals surface area contributed by atoms with E-state index in [0.29, 0.717) is 12.5 Å². The number of aromatic nitrogens is 2. The molecule has 0 amide bonds. The monoisotopic (exact) mass is 345 g/mol. The van der Waals surface area contributed by atoms with Crippen LogP contribution in [0.2, 0.25) is 0 Å². The molecule has 0 atom stereocenters. The van der Waals surface area contributed by atoms with Gasteiger partial charge in [-0.1, -0.05) is 19.8 Å². The summed E-state index contributed by atoms with van der Waals surface area (Å²) in [5, 5.41) is 9.31. The Balaban J connectivity index is 1.69. The number of nitrogens with one attached hydrogen (secondary N) is 2. The third kappa shape index (κ3) is 4.44. The highest BCUT2D eigenvalue weighted by Gasteiger charge is 2.13. The smallest absolute Gasteiger partial charge is 0.222 e. The molecule has 0 spiro atoms. The molecule has 1 aliphatic rings. The van der Waals surface area contributed by atoms with E-state index >= 15 is 0 Å². The van der Waals surface area contributed by atoms with Crippen LogP contribution in [0.15, 0.2) is 28.7 Å². The second-order valence-electron chi connectivity index (χ2n) is 5.59. The van der Waals surface area contributed by atoms with Gasteiger partial charge in [-0.2, -0.15) is 0 Å². The highest BCUT2D eigenvalue weighted by atomic mass is 32.1. The largest absolute Gasteiger partial charge is 0.477 e. The van der Waals surface area contributed by atoms with E-state index in [-0.39, 0.29) is 0 Å². The summed E-state index contributed by atoms with van der Waals surface area (Å²) in [6.45, 7) is 4.67. The first-order chi connectivity index (χ1) is 11.9. The van der Waals surface area contributed by atoms with Crippen molar-refractivity contribution in [3.8, 4) is 17.1 Å². The van der Waals surface area contributed by atoms with Crippen molar-refractivity contribution in [2.75, 3.05) is 25.0 Å². The Hall–Kier alpha value is -2.15. The van der Waals surface area contributed by atoms with Gasteiger partial charge in [0.15, 0.2) is 11.1 Å². The molecule has 0 aromatic carbocycles. The summed E-state index contributed by atoms with van der Waals surface area (Å²) in [5.41, 5.74) is 1.80. The van der Waals surface area contributed by atoms with Gasteiger partial charge in [0.05, 0.1) is 17.9 Å². The number of nitrogens with zero attached hydrogens (tertiary/aromatic N) is 3. The van der Waals surface area contributed by atoms with Gasteiger partial charge in [0.2, 0.25) is 5.88 Å². The van der Waals surface area contributed by atoms with Gasteiger partial charge < -0.3 is 15.4 Å². The van der Waals surface area contributed by atoms with E-state index in [9.17, 15) is 0 Å². The van der Waals surface area contributed by atoms with Crippen LogP contribution in [0.5, 0.6) is 5.88 Å². The molecular weight excluding hydrogens is 322 g/mol. The molecule has 3 heterocycles. The number of rotatable bonds is 7. The van der Waals surface area contributed by atoms with Gasteiger partial charge in [-0.05, 0) is 25.0 Å². The van der Waals surface area contributed by atoms with Crippen molar-refractivity contribution >= 4 is 22.4 Å². The second kappa shape index (κ2) is 8.63. The molecule has 2 aromatic heterocycles. The summed E-state index contributed by atoms with van der Waals surface area (Å²) in [4.78, 5) is 13.4. The van der Waals surface area contributed by atoms with Crippen molar-refractivity contribution in [1.82, 2.24) is 15.3 Å². The molecule has 2 aromatic rings. The van der Waals surface area contributed by atoms with Gasteiger partial charge in [-0.25, -0.2) is 9.97 Å². The Kier molecular flexibility index (Phi) is 6.01. The zero-order chi connectivity index (χ0) is 16.6. The number of anilines is 1. The standard InChI is InChI=1S/C17H23N5OS/c1-2-3-4-11-23-15-13(7-5-8-18-15)14-12-24-17(21-14)22-16-19-9-6-10-20-16/h5,7-8,12H,2-4,6,9-11H2,1H3,(H2,19,20,21,22). The first kappa shape index (κ1) is 16.7. The molecule has 6 nitrogen and oxygen atoms in total. The van der Waals surface area contributed by atoms with Crippen molar-refractivity contribution in [2.24, 2.45) is 4.99 Å². The van der Waals surface area contributed by atoms with Crippen LogP contribution in [0.25, 0.3) is 11.3 Å². The molecule has 1 aliphatic heterocycles. The molecular formula is C17H23N5OS. The highest BCUT2D eigenvalue weighted by Crippen LogP contribution is 2.30. The quantitative estimate of drug-likeness (QED) is 0.751. The Morgan fingerprint density at radius 2 is 2.33 bits per heavy atom. The summed E-state index contributed by atoms with van der Waals surface area (Å²) in [7, 11) is 0. The van der Waals surface area contributed by atoms with Gasteiger partial charge in [-0.15, -0.1) is 11.3 Å². The van der Waals surface area contributed by atoms with Crippen molar-refractivity contribution < 1.29 is 4.74 Å². The van der Waals surface area contributed by atoms with Crippen LogP contribution in [0.1, 0.15) is 32.6 Å². The third-order valence-electron chi connectivity index (χ3n) is 3.66. The normalized spacial score (nSPS) is 14.0. The average molecular weight is 345 g/mol. The Morgan fingerprint density at radius 3 is 3.17 bits per heavy atom. The molecule has 0 saturated heterocycles. The van der Waals surface area contributed by atoms with E-state index in [1.807, 2.05) is 17.5 Å². The minimum Gasteiger partial charge on any atom is -0.477 e. The summed E-state index contributed by atoms with van der Waals surface area (Å²) in [6, 6.07) is 3.91. The molecule has 128 valence electrons. The van der Waals surface area contributed by atoms with Crippen LogP contribution >= 0.6 is 11.3 Å². The summed E-state index contributed by atoms with van der Waals surface area (Å²) in [6.07, 6.45) is 6.22. The third-order valence-corrected chi connectivity index (χ3v) is 4.42. The minimum atomic E-state index is 0.651. The highest BCUT2D eigenvalue weighted by molar-refractivity contribution is 7.14. The van der Waals surface area contributed by atoms with Crippen LogP contribution in [0, 0.1) is 0 Å². The van der Waals surface area contributed by atoms with E-state index in [1.165, 1.54) is 12.8 Å². The molecule has 0 bridgehead atoms. The van der Waals surface area contributed by atoms with Gasteiger partial charge in [0.1, 0.15) is 0 Å². The molecule has 7 heteroatoms. The molecule has 0 radical (unpaired) electrons. The average Bonchev–Trinajstić information content (AvgIpc) is 3.08. The van der Waals surface area contributed by atoms with E-state index in [1.54, 1.807) is 17.5 Å².